The summed E-state index contributed by atoms with van der Waals surface area (Å²) in [4.78, 5) is 12.6. The van der Waals surface area contributed by atoms with Gasteiger partial charge in [-0.1, -0.05) is 17.7 Å². The molecule has 1 unspecified atom stereocenters. The number of carbonyl (C=O) groups is 1. The van der Waals surface area contributed by atoms with Crippen LogP contribution in [0.3, 0.4) is 0 Å². The maximum Gasteiger partial charge on any atom is 0.341 e. The van der Waals surface area contributed by atoms with Crippen LogP contribution < -0.4 is 17.2 Å². The van der Waals surface area contributed by atoms with Crippen LogP contribution in [0.5, 0.6) is 0 Å². The molecule has 2 aromatic carbocycles. The van der Waals surface area contributed by atoms with Gasteiger partial charge in [0, 0.05) is 28.5 Å². The first kappa shape index (κ1) is 20.0. The van der Waals surface area contributed by atoms with E-state index in [0.717, 1.165) is 0 Å². The van der Waals surface area contributed by atoms with Crippen molar-refractivity contribution in [3.8, 4) is 0 Å². The molecule has 0 bridgehead atoms. The van der Waals surface area contributed by atoms with E-state index in [1.165, 1.54) is 6.07 Å². The van der Waals surface area contributed by atoms with Gasteiger partial charge >= 0.3 is 5.97 Å². The number of nitrogen functional groups attached to an aromatic ring is 2. The molecule has 0 fully saturated rings. The van der Waals surface area contributed by atoms with Gasteiger partial charge in [0.15, 0.2) is 0 Å². The molecule has 0 saturated heterocycles. The molecule has 0 saturated carbocycles. The van der Waals surface area contributed by atoms with Gasteiger partial charge in [-0.05, 0) is 56.2 Å². The Labute approximate surface area is 157 Å². The predicted molar refractivity (Wildman–Crippen MR) is 104 cm³/mol. The second-order valence-corrected chi connectivity index (χ2v) is 7.42. The molecule has 0 amide bonds. The van der Waals surface area contributed by atoms with Gasteiger partial charge in [0.2, 0.25) is 0 Å². The van der Waals surface area contributed by atoms with Crippen molar-refractivity contribution in [2.45, 2.75) is 39.0 Å². The van der Waals surface area contributed by atoms with Gasteiger partial charge in [-0.2, -0.15) is 0 Å². The minimum absolute atomic E-state index is 0.00746. The first-order valence-corrected chi connectivity index (χ1v) is 8.50. The molecule has 0 spiro atoms. The second kappa shape index (κ2) is 7.53. The highest BCUT2D eigenvalue weighted by molar-refractivity contribution is 6.30. The van der Waals surface area contributed by atoms with Crippen LogP contribution >= 0.6 is 11.6 Å². The molecule has 0 radical (unpaired) electrons. The summed E-state index contributed by atoms with van der Waals surface area (Å²) in [5.41, 5.74) is 19.2. The largest absolute Gasteiger partial charge is 0.456 e. The second-order valence-electron chi connectivity index (χ2n) is 6.98. The van der Waals surface area contributed by atoms with Crippen LogP contribution in [0.2, 0.25) is 5.02 Å². The summed E-state index contributed by atoms with van der Waals surface area (Å²) < 4.78 is 5.43. The number of nitrogens with two attached hydrogens (primary N) is 3. The first-order valence-electron chi connectivity index (χ1n) is 8.12. The van der Waals surface area contributed by atoms with Crippen molar-refractivity contribution in [1.29, 1.82) is 0 Å². The van der Waals surface area contributed by atoms with Gasteiger partial charge in [-0.15, -0.1) is 0 Å². The van der Waals surface area contributed by atoms with E-state index in [1.54, 1.807) is 45.0 Å². The predicted octanol–water partition coefficient (Wildman–Crippen LogP) is 3.00. The molecular weight excluding hydrogens is 354 g/mol. The van der Waals surface area contributed by atoms with Crippen LogP contribution in [0.15, 0.2) is 30.3 Å². The topological polar surface area (TPSA) is 125 Å². The summed E-state index contributed by atoms with van der Waals surface area (Å²) in [6, 6.07) is 7.97. The number of aliphatic hydroxyl groups excluding tert-OH is 1. The van der Waals surface area contributed by atoms with Crippen LogP contribution in [0.4, 0.5) is 11.4 Å². The lowest BCUT2D eigenvalue weighted by Crippen LogP contribution is -2.26. The molecule has 2 aromatic rings. The lowest BCUT2D eigenvalue weighted by molar-refractivity contribution is 0.00694. The van der Waals surface area contributed by atoms with Crippen LogP contribution in [-0.4, -0.2) is 16.7 Å². The molecule has 2 rings (SSSR count). The minimum Gasteiger partial charge on any atom is -0.456 e. The summed E-state index contributed by atoms with van der Waals surface area (Å²) in [5, 5.41) is 11.3. The number of aliphatic hydroxyl groups is 1. The minimum atomic E-state index is -1.12. The Morgan fingerprint density at radius 1 is 1.15 bits per heavy atom. The van der Waals surface area contributed by atoms with Gasteiger partial charge in [0.25, 0.3) is 0 Å². The zero-order valence-electron chi connectivity index (χ0n) is 15.0. The van der Waals surface area contributed by atoms with E-state index >= 15 is 0 Å². The number of hydrogen-bond donors (Lipinski definition) is 4. The smallest absolute Gasteiger partial charge is 0.341 e. The number of ether oxygens (including phenoxy) is 1. The highest BCUT2D eigenvalue weighted by Gasteiger charge is 2.26. The zero-order chi connectivity index (χ0) is 19.6. The quantitative estimate of drug-likeness (QED) is 0.479. The van der Waals surface area contributed by atoms with Gasteiger partial charge < -0.3 is 27.0 Å². The zero-order valence-corrected chi connectivity index (χ0v) is 15.8. The Bertz CT molecular complexity index is 832. The molecule has 0 aliphatic rings. The Balaban J connectivity index is 2.58. The number of hydrogen-bond acceptors (Lipinski definition) is 6. The molecular formula is C19H24ClN3O3. The number of esters is 1. The van der Waals surface area contributed by atoms with Crippen molar-refractivity contribution in [2.75, 3.05) is 11.5 Å². The summed E-state index contributed by atoms with van der Waals surface area (Å²) in [7, 11) is 0. The standard InChI is InChI=1S/C19H24ClN3O3/c1-19(2,3)26-18(25)16-13(9-21)11(5-7-15(16)23)17(24)12-8-10(20)4-6-14(12)22/h4-8,17,24H,9,21-23H2,1-3H3. The highest BCUT2D eigenvalue weighted by Crippen LogP contribution is 2.34. The summed E-state index contributed by atoms with van der Waals surface area (Å²) in [5.74, 6) is -0.594. The average Bonchev–Trinajstić information content (AvgIpc) is 2.54. The van der Waals surface area contributed by atoms with Gasteiger partial charge in [-0.3, -0.25) is 0 Å². The van der Waals surface area contributed by atoms with Crippen molar-refractivity contribution in [1.82, 2.24) is 0 Å². The SMILES string of the molecule is CC(C)(C)OC(=O)c1c(N)ccc(C(O)c2cc(Cl)ccc2N)c1CN. The molecule has 7 heteroatoms. The van der Waals surface area contributed by atoms with Crippen molar-refractivity contribution in [3.05, 3.63) is 57.6 Å². The normalized spacial score (nSPS) is 12.7. The van der Waals surface area contributed by atoms with E-state index in [-0.39, 0.29) is 17.8 Å². The lowest BCUT2D eigenvalue weighted by Gasteiger charge is -2.24. The van der Waals surface area contributed by atoms with Crippen LogP contribution in [-0.2, 0) is 11.3 Å². The van der Waals surface area contributed by atoms with E-state index in [0.29, 0.717) is 27.4 Å². The lowest BCUT2D eigenvalue weighted by atomic mass is 9.91. The first-order chi connectivity index (χ1) is 12.0. The molecule has 0 aliphatic heterocycles. The molecule has 7 N–H and O–H groups in total. The average molecular weight is 378 g/mol. The Morgan fingerprint density at radius 3 is 2.35 bits per heavy atom. The van der Waals surface area contributed by atoms with E-state index in [4.69, 9.17) is 33.5 Å². The van der Waals surface area contributed by atoms with E-state index in [2.05, 4.69) is 0 Å². The third-order valence-corrected chi connectivity index (χ3v) is 4.06. The highest BCUT2D eigenvalue weighted by atomic mass is 35.5. The van der Waals surface area contributed by atoms with Gasteiger partial charge in [-0.25, -0.2) is 4.79 Å². The molecule has 6 nitrogen and oxygen atoms in total. The third kappa shape index (κ3) is 4.27. The van der Waals surface area contributed by atoms with Gasteiger partial charge in [0.05, 0.1) is 5.56 Å². The number of carbonyl (C=O) groups excluding carboxylic acids is 1. The van der Waals surface area contributed by atoms with Crippen LogP contribution in [0, 0.1) is 0 Å². The summed E-state index contributed by atoms with van der Waals surface area (Å²) in [6.07, 6.45) is -1.12. The fourth-order valence-electron chi connectivity index (χ4n) is 2.68. The monoisotopic (exact) mass is 377 g/mol. The Morgan fingerprint density at radius 2 is 1.77 bits per heavy atom. The maximum atomic E-state index is 12.6. The van der Waals surface area contributed by atoms with Crippen molar-refractivity contribution >= 4 is 28.9 Å². The Kier molecular flexibility index (Phi) is 5.81. The van der Waals surface area contributed by atoms with Gasteiger partial charge in [0.1, 0.15) is 11.7 Å². The molecule has 26 heavy (non-hydrogen) atoms. The number of anilines is 2. The van der Waals surface area contributed by atoms with Crippen LogP contribution in [0.25, 0.3) is 0 Å². The maximum absolute atomic E-state index is 12.6. The Hall–Kier alpha value is -2.28. The van der Waals surface area contributed by atoms with Crippen molar-refractivity contribution < 1.29 is 14.6 Å². The van der Waals surface area contributed by atoms with E-state index < -0.39 is 17.7 Å². The molecule has 0 aliphatic carbocycles. The molecule has 0 heterocycles. The summed E-state index contributed by atoms with van der Waals surface area (Å²) >= 11 is 6.02. The fourth-order valence-corrected chi connectivity index (χ4v) is 2.86. The number of rotatable bonds is 4. The third-order valence-electron chi connectivity index (χ3n) is 3.83. The summed E-state index contributed by atoms with van der Waals surface area (Å²) in [6.45, 7) is 5.27. The van der Waals surface area contributed by atoms with Crippen molar-refractivity contribution in [3.63, 3.8) is 0 Å². The molecule has 0 aromatic heterocycles. The van der Waals surface area contributed by atoms with Crippen LogP contribution in [0.1, 0.15) is 53.9 Å². The van der Waals surface area contributed by atoms with E-state index in [9.17, 15) is 9.90 Å². The van der Waals surface area contributed by atoms with Crippen molar-refractivity contribution in [2.24, 2.45) is 5.73 Å². The molecule has 140 valence electrons. The fraction of sp³-hybridized carbons (Fsp3) is 0.316. The number of benzene rings is 2. The molecule has 1 atom stereocenters. The van der Waals surface area contributed by atoms with E-state index in [1.807, 2.05) is 0 Å². The number of halogens is 1.